The van der Waals surface area contributed by atoms with E-state index in [0.29, 0.717) is 5.82 Å². The van der Waals surface area contributed by atoms with Crippen LogP contribution in [0.2, 0.25) is 0 Å². The van der Waals surface area contributed by atoms with E-state index in [1.54, 1.807) is 18.7 Å². The number of para-hydroxylation sites is 1. The summed E-state index contributed by atoms with van der Waals surface area (Å²) >= 11 is 0. The van der Waals surface area contributed by atoms with Gasteiger partial charge in [0.15, 0.2) is 5.82 Å². The molecule has 1 aromatic heterocycles. The number of aromatic nitrogens is 2. The van der Waals surface area contributed by atoms with Crippen molar-refractivity contribution in [3.8, 4) is 5.69 Å². The number of carbonyl (C=O) groups is 3. The summed E-state index contributed by atoms with van der Waals surface area (Å²) < 4.78 is 6.64. The molecule has 0 unspecified atom stereocenters. The molecular formula is C22H29N5O4. The first-order valence-corrected chi connectivity index (χ1v) is 10.5. The number of ether oxygens (including phenoxy) is 1. The van der Waals surface area contributed by atoms with Gasteiger partial charge in [0.1, 0.15) is 5.56 Å². The zero-order valence-electron chi connectivity index (χ0n) is 18.2. The van der Waals surface area contributed by atoms with Gasteiger partial charge in [0.2, 0.25) is 11.8 Å². The van der Waals surface area contributed by atoms with E-state index in [2.05, 4.69) is 10.4 Å². The lowest BCUT2D eigenvalue weighted by molar-refractivity contribution is -0.130. The molecule has 0 atom stereocenters. The lowest BCUT2D eigenvalue weighted by atomic mass is 10.0. The lowest BCUT2D eigenvalue weighted by Crippen LogP contribution is -2.46. The van der Waals surface area contributed by atoms with E-state index in [-0.39, 0.29) is 36.6 Å². The molecule has 0 aliphatic carbocycles. The molecule has 1 aromatic carbocycles. The number of rotatable bonds is 7. The number of likely N-dealkylation sites (tertiary alicyclic amines) is 1. The van der Waals surface area contributed by atoms with Crippen molar-refractivity contribution in [1.29, 1.82) is 0 Å². The smallest absolute Gasteiger partial charge is 0.343 e. The molecule has 1 saturated heterocycles. The predicted octanol–water partition coefficient (Wildman–Crippen LogP) is 1.93. The van der Waals surface area contributed by atoms with E-state index in [1.807, 2.05) is 42.3 Å². The van der Waals surface area contributed by atoms with E-state index in [9.17, 15) is 14.4 Å². The van der Waals surface area contributed by atoms with Crippen LogP contribution < -0.4 is 5.32 Å². The third kappa shape index (κ3) is 5.49. The summed E-state index contributed by atoms with van der Waals surface area (Å²) in [5.74, 6) is -0.424. The molecule has 2 heterocycles. The number of piperidine rings is 1. The maximum atomic E-state index is 12.8. The van der Waals surface area contributed by atoms with Crippen molar-refractivity contribution in [2.75, 3.05) is 38.6 Å². The van der Waals surface area contributed by atoms with Crippen LogP contribution in [-0.2, 0) is 14.3 Å². The van der Waals surface area contributed by atoms with Gasteiger partial charge in [0.25, 0.3) is 0 Å². The van der Waals surface area contributed by atoms with Crippen molar-refractivity contribution in [2.24, 2.45) is 0 Å². The van der Waals surface area contributed by atoms with E-state index in [4.69, 9.17) is 4.74 Å². The van der Waals surface area contributed by atoms with Crippen LogP contribution in [0.5, 0.6) is 0 Å². The quantitative estimate of drug-likeness (QED) is 0.679. The highest BCUT2D eigenvalue weighted by Crippen LogP contribution is 2.22. The van der Waals surface area contributed by atoms with Crippen molar-refractivity contribution >= 4 is 23.6 Å². The van der Waals surface area contributed by atoms with Crippen molar-refractivity contribution in [3.05, 3.63) is 42.1 Å². The molecule has 9 nitrogen and oxygen atoms in total. The first kappa shape index (κ1) is 22.5. The lowest BCUT2D eigenvalue weighted by Gasteiger charge is -2.36. The minimum Gasteiger partial charge on any atom is -0.462 e. The van der Waals surface area contributed by atoms with Crippen molar-refractivity contribution in [2.45, 2.75) is 32.7 Å². The second kappa shape index (κ2) is 10.2. The molecule has 0 bridgehead atoms. The van der Waals surface area contributed by atoms with Crippen molar-refractivity contribution < 1.29 is 19.1 Å². The summed E-state index contributed by atoms with van der Waals surface area (Å²) in [4.78, 5) is 40.6. The Morgan fingerprint density at radius 1 is 1.19 bits per heavy atom. The maximum absolute atomic E-state index is 12.8. The van der Waals surface area contributed by atoms with Crippen molar-refractivity contribution in [3.63, 3.8) is 0 Å². The average molecular weight is 428 g/mol. The molecule has 3 rings (SSSR count). The first-order chi connectivity index (χ1) is 14.9. The summed E-state index contributed by atoms with van der Waals surface area (Å²) in [6.45, 7) is 5.16. The van der Waals surface area contributed by atoms with Crippen LogP contribution in [0.25, 0.3) is 5.69 Å². The van der Waals surface area contributed by atoms with Crippen LogP contribution in [0.3, 0.4) is 0 Å². The maximum Gasteiger partial charge on any atom is 0.343 e. The third-order valence-electron chi connectivity index (χ3n) is 5.49. The number of anilines is 1. The highest BCUT2D eigenvalue weighted by Gasteiger charge is 2.26. The Morgan fingerprint density at radius 2 is 1.87 bits per heavy atom. The Labute approximate surface area is 182 Å². The SMILES string of the molecule is CCOC(=O)c1cnn(-c2ccccc2)c1NC(=O)CN1CCC(N(C)C(C)=O)CC1. The van der Waals surface area contributed by atoms with Crippen LogP contribution in [0.1, 0.15) is 37.0 Å². The molecule has 166 valence electrons. The van der Waals surface area contributed by atoms with Crippen LogP contribution in [-0.4, -0.2) is 76.7 Å². The van der Waals surface area contributed by atoms with Crippen LogP contribution in [0, 0.1) is 0 Å². The number of hydrogen-bond acceptors (Lipinski definition) is 6. The van der Waals surface area contributed by atoms with Crippen molar-refractivity contribution in [1.82, 2.24) is 19.6 Å². The zero-order valence-corrected chi connectivity index (χ0v) is 18.2. The zero-order chi connectivity index (χ0) is 22.4. The minimum atomic E-state index is -0.534. The van der Waals surface area contributed by atoms with E-state index < -0.39 is 5.97 Å². The Morgan fingerprint density at radius 3 is 2.48 bits per heavy atom. The molecule has 2 aromatic rings. The summed E-state index contributed by atoms with van der Waals surface area (Å²) in [5.41, 5.74) is 0.933. The normalized spacial score (nSPS) is 14.8. The van der Waals surface area contributed by atoms with Crippen LogP contribution in [0.15, 0.2) is 36.5 Å². The largest absolute Gasteiger partial charge is 0.462 e. The van der Waals surface area contributed by atoms with Crippen LogP contribution >= 0.6 is 0 Å². The monoisotopic (exact) mass is 427 g/mol. The van der Waals surface area contributed by atoms with Gasteiger partial charge in [-0.15, -0.1) is 0 Å². The molecular weight excluding hydrogens is 398 g/mol. The van der Waals surface area contributed by atoms with Gasteiger partial charge < -0.3 is 15.0 Å². The number of hydrogen-bond donors (Lipinski definition) is 1. The van der Waals surface area contributed by atoms with Gasteiger partial charge in [-0.3, -0.25) is 14.5 Å². The average Bonchev–Trinajstić information content (AvgIpc) is 3.18. The topological polar surface area (TPSA) is 96.8 Å². The predicted molar refractivity (Wildman–Crippen MR) is 116 cm³/mol. The number of amides is 2. The Bertz CT molecular complexity index is 919. The fraction of sp³-hybridized carbons (Fsp3) is 0.455. The van der Waals surface area contributed by atoms with E-state index in [0.717, 1.165) is 31.6 Å². The molecule has 1 aliphatic rings. The second-order valence-corrected chi connectivity index (χ2v) is 7.56. The number of nitrogens with one attached hydrogen (secondary N) is 1. The Kier molecular flexibility index (Phi) is 7.41. The fourth-order valence-electron chi connectivity index (χ4n) is 3.69. The van der Waals surface area contributed by atoms with Crippen LogP contribution in [0.4, 0.5) is 5.82 Å². The molecule has 1 fully saturated rings. The fourth-order valence-corrected chi connectivity index (χ4v) is 3.69. The summed E-state index contributed by atoms with van der Waals surface area (Å²) in [6.07, 6.45) is 3.04. The highest BCUT2D eigenvalue weighted by molar-refractivity contribution is 6.01. The summed E-state index contributed by atoms with van der Waals surface area (Å²) in [6, 6.07) is 9.47. The standard InChI is InChI=1S/C22H29N5O4/c1-4-31-22(30)19-14-23-27(18-8-6-5-7-9-18)21(19)24-20(29)15-26-12-10-17(11-13-26)25(3)16(2)28/h5-9,14,17H,4,10-13,15H2,1-3H3,(H,24,29). The van der Waals surface area contributed by atoms with Gasteiger partial charge in [-0.2, -0.15) is 5.10 Å². The van der Waals surface area contributed by atoms with E-state index >= 15 is 0 Å². The van der Waals surface area contributed by atoms with Gasteiger partial charge in [0.05, 0.1) is 25.0 Å². The second-order valence-electron chi connectivity index (χ2n) is 7.56. The van der Waals surface area contributed by atoms with Gasteiger partial charge in [-0.05, 0) is 31.9 Å². The Hall–Kier alpha value is -3.20. The third-order valence-corrected chi connectivity index (χ3v) is 5.49. The highest BCUT2D eigenvalue weighted by atomic mass is 16.5. The Balaban J connectivity index is 1.70. The minimum absolute atomic E-state index is 0.0526. The molecule has 9 heteroatoms. The number of benzene rings is 1. The molecule has 1 aliphatic heterocycles. The molecule has 1 N–H and O–H groups in total. The van der Waals surface area contributed by atoms with Gasteiger partial charge in [-0.1, -0.05) is 18.2 Å². The van der Waals surface area contributed by atoms with Gasteiger partial charge >= 0.3 is 5.97 Å². The molecule has 0 saturated carbocycles. The number of esters is 1. The number of carbonyl (C=O) groups excluding carboxylic acids is 3. The molecule has 0 spiro atoms. The van der Waals surface area contributed by atoms with Gasteiger partial charge in [-0.25, -0.2) is 9.48 Å². The van der Waals surface area contributed by atoms with E-state index in [1.165, 1.54) is 10.9 Å². The molecule has 31 heavy (non-hydrogen) atoms. The summed E-state index contributed by atoms with van der Waals surface area (Å²) in [5, 5.41) is 7.14. The number of nitrogens with zero attached hydrogens (tertiary/aromatic N) is 4. The molecule has 0 radical (unpaired) electrons. The first-order valence-electron chi connectivity index (χ1n) is 10.5. The summed E-state index contributed by atoms with van der Waals surface area (Å²) in [7, 11) is 1.82. The molecule has 2 amide bonds. The van der Waals surface area contributed by atoms with Gasteiger partial charge in [0, 0.05) is 33.1 Å².